The highest BCUT2D eigenvalue weighted by Gasteiger charge is 2.22. The second-order valence-electron chi connectivity index (χ2n) is 7.68. The fourth-order valence-electron chi connectivity index (χ4n) is 3.64. The summed E-state index contributed by atoms with van der Waals surface area (Å²) in [5.41, 5.74) is 3.59. The summed E-state index contributed by atoms with van der Waals surface area (Å²) >= 11 is 0. The number of rotatable bonds is 6. The van der Waals surface area contributed by atoms with Crippen molar-refractivity contribution in [1.29, 1.82) is 0 Å². The monoisotopic (exact) mass is 449 g/mol. The molecule has 0 radical (unpaired) electrons. The molecule has 4 rings (SSSR count). The number of benzene rings is 3. The van der Waals surface area contributed by atoms with Crippen LogP contribution < -0.4 is 4.72 Å². The van der Waals surface area contributed by atoms with Crippen LogP contribution in [0.3, 0.4) is 0 Å². The van der Waals surface area contributed by atoms with E-state index in [1.807, 2.05) is 43.3 Å². The Balaban J connectivity index is 1.63. The molecular formula is C25H23NO5S. The molecule has 0 saturated carbocycles. The molecule has 4 aromatic rings. The minimum Gasteiger partial charge on any atom is -0.460 e. The van der Waals surface area contributed by atoms with Gasteiger partial charge in [-0.3, -0.25) is 4.72 Å². The highest BCUT2D eigenvalue weighted by molar-refractivity contribution is 7.92. The molecule has 0 amide bonds. The van der Waals surface area contributed by atoms with Gasteiger partial charge in [-0.2, -0.15) is 0 Å². The maximum atomic E-state index is 12.9. The van der Waals surface area contributed by atoms with Gasteiger partial charge >= 0.3 is 5.97 Å². The molecule has 0 aliphatic heterocycles. The Labute approximate surface area is 186 Å². The van der Waals surface area contributed by atoms with Crippen LogP contribution in [0.25, 0.3) is 11.0 Å². The number of fused-ring (bicyclic) bond motifs is 1. The minimum absolute atomic E-state index is 0.130. The molecule has 7 heteroatoms. The summed E-state index contributed by atoms with van der Waals surface area (Å²) in [5, 5.41) is 0.487. The van der Waals surface area contributed by atoms with Crippen molar-refractivity contribution in [1.82, 2.24) is 0 Å². The zero-order chi connectivity index (χ0) is 22.9. The summed E-state index contributed by atoms with van der Waals surface area (Å²) in [7, 11) is -3.80. The average molecular weight is 450 g/mol. The molecule has 0 fully saturated rings. The second-order valence-corrected chi connectivity index (χ2v) is 9.33. The molecule has 0 atom stereocenters. The van der Waals surface area contributed by atoms with Gasteiger partial charge in [0.25, 0.3) is 10.0 Å². The molecule has 1 heterocycles. The van der Waals surface area contributed by atoms with Gasteiger partial charge in [0.05, 0.1) is 4.90 Å². The van der Waals surface area contributed by atoms with Gasteiger partial charge < -0.3 is 9.15 Å². The van der Waals surface area contributed by atoms with Crippen molar-refractivity contribution in [2.24, 2.45) is 0 Å². The largest absolute Gasteiger partial charge is 0.460 e. The molecule has 0 saturated heterocycles. The predicted octanol–water partition coefficient (Wildman–Crippen LogP) is 5.52. The van der Waals surface area contributed by atoms with Crippen molar-refractivity contribution in [3.8, 4) is 0 Å². The molecule has 1 N–H and O–H groups in total. The number of ether oxygens (including phenoxy) is 1. The van der Waals surface area contributed by atoms with E-state index in [2.05, 4.69) is 4.72 Å². The molecule has 0 bridgehead atoms. The number of carbonyl (C=O) groups is 1. The van der Waals surface area contributed by atoms with Crippen LogP contribution in [-0.4, -0.2) is 14.4 Å². The number of carbonyl (C=O) groups excluding carboxylic acids is 1. The fraction of sp³-hybridized carbons (Fsp3) is 0.160. The van der Waals surface area contributed by atoms with Gasteiger partial charge in [-0.1, -0.05) is 48.0 Å². The first-order chi connectivity index (χ1) is 15.2. The molecule has 32 heavy (non-hydrogen) atoms. The lowest BCUT2D eigenvalue weighted by atomic mass is 10.1. The number of nitrogens with one attached hydrogen (secondary N) is 1. The van der Waals surface area contributed by atoms with E-state index in [9.17, 15) is 13.2 Å². The molecule has 164 valence electrons. The predicted molar refractivity (Wildman–Crippen MR) is 123 cm³/mol. The Morgan fingerprint density at radius 3 is 2.44 bits per heavy atom. The van der Waals surface area contributed by atoms with Crippen LogP contribution in [0.4, 0.5) is 5.69 Å². The van der Waals surface area contributed by atoms with E-state index in [0.717, 1.165) is 11.1 Å². The summed E-state index contributed by atoms with van der Waals surface area (Å²) in [5.74, 6) is -0.119. The van der Waals surface area contributed by atoms with Crippen molar-refractivity contribution >= 4 is 32.6 Å². The summed E-state index contributed by atoms with van der Waals surface area (Å²) in [4.78, 5) is 13.0. The summed E-state index contributed by atoms with van der Waals surface area (Å²) in [6, 6.07) is 19.4. The maximum Gasteiger partial charge on any atom is 0.342 e. The van der Waals surface area contributed by atoms with Crippen LogP contribution in [0.2, 0.25) is 0 Å². The Hall–Kier alpha value is -3.58. The third kappa shape index (κ3) is 4.38. The Kier molecular flexibility index (Phi) is 5.76. The van der Waals surface area contributed by atoms with Crippen LogP contribution in [0.1, 0.15) is 32.8 Å². The zero-order valence-corrected chi connectivity index (χ0v) is 18.8. The van der Waals surface area contributed by atoms with Gasteiger partial charge in [0, 0.05) is 11.1 Å². The molecule has 0 spiro atoms. The third-order valence-electron chi connectivity index (χ3n) is 5.15. The van der Waals surface area contributed by atoms with E-state index in [0.29, 0.717) is 28.0 Å². The first-order valence-electron chi connectivity index (χ1n) is 10.1. The van der Waals surface area contributed by atoms with E-state index in [4.69, 9.17) is 9.15 Å². The van der Waals surface area contributed by atoms with Crippen molar-refractivity contribution in [3.05, 3.63) is 94.7 Å². The van der Waals surface area contributed by atoms with Crippen LogP contribution in [0.5, 0.6) is 0 Å². The lowest BCUT2D eigenvalue weighted by Gasteiger charge is -2.11. The molecule has 3 aromatic carbocycles. The topological polar surface area (TPSA) is 85.6 Å². The number of sulfonamides is 1. The van der Waals surface area contributed by atoms with E-state index >= 15 is 0 Å². The maximum absolute atomic E-state index is 12.9. The third-order valence-corrected chi connectivity index (χ3v) is 6.69. The Morgan fingerprint density at radius 1 is 0.969 bits per heavy atom. The van der Waals surface area contributed by atoms with E-state index in [1.165, 1.54) is 0 Å². The van der Waals surface area contributed by atoms with Gasteiger partial charge in [0.1, 0.15) is 23.5 Å². The first-order valence-corrected chi connectivity index (χ1v) is 11.6. The normalized spacial score (nSPS) is 11.5. The first kappa shape index (κ1) is 21.6. The number of furan rings is 1. The number of hydrogen-bond acceptors (Lipinski definition) is 5. The van der Waals surface area contributed by atoms with Gasteiger partial charge in [-0.15, -0.1) is 0 Å². The quantitative estimate of drug-likeness (QED) is 0.392. The number of anilines is 1. The smallest absolute Gasteiger partial charge is 0.342 e. The highest BCUT2D eigenvalue weighted by Crippen LogP contribution is 2.30. The van der Waals surface area contributed by atoms with Crippen molar-refractivity contribution < 1.29 is 22.4 Å². The molecule has 6 nitrogen and oxygen atoms in total. The van der Waals surface area contributed by atoms with Gasteiger partial charge in [-0.05, 0) is 56.2 Å². The lowest BCUT2D eigenvalue weighted by Crippen LogP contribution is -2.14. The Bertz CT molecular complexity index is 1410. The zero-order valence-electron chi connectivity index (χ0n) is 18.0. The van der Waals surface area contributed by atoms with Crippen LogP contribution >= 0.6 is 0 Å². The summed E-state index contributed by atoms with van der Waals surface area (Å²) < 4.78 is 39.6. The number of hydrogen-bond donors (Lipinski definition) is 1. The average Bonchev–Trinajstić information content (AvgIpc) is 3.07. The van der Waals surface area contributed by atoms with Crippen LogP contribution in [0.15, 0.2) is 76.0 Å². The number of esters is 1. The minimum atomic E-state index is -3.80. The summed E-state index contributed by atoms with van der Waals surface area (Å²) in [6.07, 6.45) is 0. The molecule has 1 aromatic heterocycles. The molecule has 0 unspecified atom stereocenters. The van der Waals surface area contributed by atoms with Gasteiger partial charge in [0.15, 0.2) is 0 Å². The van der Waals surface area contributed by atoms with E-state index < -0.39 is 16.0 Å². The van der Waals surface area contributed by atoms with Crippen LogP contribution in [0, 0.1) is 20.8 Å². The number of aryl methyl sites for hydroxylation is 3. The molecule has 0 aliphatic carbocycles. The lowest BCUT2D eigenvalue weighted by molar-refractivity contribution is 0.0473. The SMILES string of the molecule is Cc1ccc(S(=O)(=O)Nc2ccc3oc(C)c(C(=O)OCc4ccccc4)c3c2)c(C)c1. The van der Waals surface area contributed by atoms with Gasteiger partial charge in [0.2, 0.25) is 0 Å². The molecule has 0 aliphatic rings. The standard InChI is InChI=1S/C25H23NO5S/c1-16-9-12-23(17(2)13-16)32(28,29)26-20-10-11-22-21(14-20)24(18(3)31-22)25(27)30-15-19-7-5-4-6-8-19/h4-14,26H,15H2,1-3H3. The van der Waals surface area contributed by atoms with E-state index in [-0.39, 0.29) is 17.1 Å². The molecular weight excluding hydrogens is 426 g/mol. The van der Waals surface area contributed by atoms with E-state index in [1.54, 1.807) is 44.2 Å². The van der Waals surface area contributed by atoms with Crippen molar-refractivity contribution in [2.75, 3.05) is 4.72 Å². The summed E-state index contributed by atoms with van der Waals surface area (Å²) in [6.45, 7) is 5.47. The fourth-order valence-corrected chi connectivity index (χ4v) is 4.92. The highest BCUT2D eigenvalue weighted by atomic mass is 32.2. The van der Waals surface area contributed by atoms with Crippen molar-refractivity contribution in [3.63, 3.8) is 0 Å². The van der Waals surface area contributed by atoms with Crippen molar-refractivity contribution in [2.45, 2.75) is 32.3 Å². The Morgan fingerprint density at radius 2 is 1.72 bits per heavy atom. The second kappa shape index (κ2) is 8.51. The van der Waals surface area contributed by atoms with Gasteiger partial charge in [-0.25, -0.2) is 13.2 Å². The van der Waals surface area contributed by atoms with Crippen LogP contribution in [-0.2, 0) is 21.4 Å².